The van der Waals surface area contributed by atoms with Crippen molar-refractivity contribution in [1.29, 1.82) is 0 Å². The zero-order valence-electron chi connectivity index (χ0n) is 12.1. The predicted octanol–water partition coefficient (Wildman–Crippen LogP) is 1.66. The monoisotopic (exact) mass is 330 g/mol. The van der Waals surface area contributed by atoms with E-state index in [0.717, 1.165) is 18.5 Å². The van der Waals surface area contributed by atoms with Gasteiger partial charge in [0, 0.05) is 13.1 Å². The summed E-state index contributed by atoms with van der Waals surface area (Å²) in [5.74, 6) is -1.64. The van der Waals surface area contributed by atoms with Crippen LogP contribution in [0.3, 0.4) is 0 Å². The van der Waals surface area contributed by atoms with Gasteiger partial charge in [-0.1, -0.05) is 12.1 Å². The summed E-state index contributed by atoms with van der Waals surface area (Å²) in [6.07, 6.45) is 1.46. The maximum Gasteiger partial charge on any atom is 0.307 e. The van der Waals surface area contributed by atoms with E-state index in [-0.39, 0.29) is 36.6 Å². The Hall–Kier alpha value is -1.66. The van der Waals surface area contributed by atoms with Crippen LogP contribution in [0.1, 0.15) is 18.4 Å². The van der Waals surface area contributed by atoms with Gasteiger partial charge in [-0.15, -0.1) is 12.4 Å². The molecule has 2 N–H and O–H groups in total. The number of carbonyl (C=O) groups excluding carboxylic acids is 1. The lowest BCUT2D eigenvalue weighted by Crippen LogP contribution is -2.44. The van der Waals surface area contributed by atoms with Crippen molar-refractivity contribution < 1.29 is 19.1 Å². The van der Waals surface area contributed by atoms with Crippen LogP contribution in [0.25, 0.3) is 0 Å². The molecule has 0 aromatic heterocycles. The summed E-state index contributed by atoms with van der Waals surface area (Å²) < 4.78 is 12.8. The van der Waals surface area contributed by atoms with Crippen LogP contribution < -0.4 is 5.32 Å². The number of likely N-dealkylation sites (tertiary alicyclic amines) is 1. The van der Waals surface area contributed by atoms with Crippen molar-refractivity contribution in [3.05, 3.63) is 35.6 Å². The second kappa shape index (κ2) is 8.70. The Labute approximate surface area is 134 Å². The molecule has 0 saturated carbocycles. The summed E-state index contributed by atoms with van der Waals surface area (Å²) in [5.41, 5.74) is 0.826. The van der Waals surface area contributed by atoms with Gasteiger partial charge < -0.3 is 10.4 Å². The van der Waals surface area contributed by atoms with Crippen LogP contribution in [0.5, 0.6) is 0 Å². The fourth-order valence-electron chi connectivity index (χ4n) is 2.46. The summed E-state index contributed by atoms with van der Waals surface area (Å²) in [5, 5.41) is 11.8. The smallest absolute Gasteiger partial charge is 0.307 e. The number of amides is 1. The summed E-state index contributed by atoms with van der Waals surface area (Å²) in [6.45, 7) is 1.70. The van der Waals surface area contributed by atoms with Crippen molar-refractivity contribution >= 4 is 24.3 Å². The number of carboxylic acids is 1. The van der Waals surface area contributed by atoms with Gasteiger partial charge in [-0.25, -0.2) is 4.39 Å². The van der Waals surface area contributed by atoms with E-state index in [9.17, 15) is 14.0 Å². The Morgan fingerprint density at radius 3 is 2.64 bits per heavy atom. The Kier molecular flexibility index (Phi) is 7.27. The molecule has 0 bridgehead atoms. The van der Waals surface area contributed by atoms with Gasteiger partial charge in [-0.2, -0.15) is 0 Å². The number of aliphatic carboxylic acids is 1. The van der Waals surface area contributed by atoms with E-state index in [1.807, 2.05) is 4.90 Å². The van der Waals surface area contributed by atoms with Crippen LogP contribution in [-0.2, 0) is 16.1 Å². The minimum absolute atomic E-state index is 0. The zero-order chi connectivity index (χ0) is 15.2. The first-order chi connectivity index (χ1) is 10.0. The molecule has 0 spiro atoms. The van der Waals surface area contributed by atoms with Crippen LogP contribution in [-0.4, -0.2) is 41.5 Å². The summed E-state index contributed by atoms with van der Waals surface area (Å²) in [7, 11) is 0. The molecule has 0 radical (unpaired) electrons. The molecular weight excluding hydrogens is 311 g/mol. The van der Waals surface area contributed by atoms with E-state index in [1.165, 1.54) is 12.1 Å². The Balaban J connectivity index is 0.00000242. The van der Waals surface area contributed by atoms with E-state index in [0.29, 0.717) is 19.5 Å². The maximum absolute atomic E-state index is 12.8. The summed E-state index contributed by atoms with van der Waals surface area (Å²) >= 11 is 0. The van der Waals surface area contributed by atoms with Crippen LogP contribution in [0.2, 0.25) is 0 Å². The van der Waals surface area contributed by atoms with Crippen LogP contribution in [0.4, 0.5) is 4.39 Å². The van der Waals surface area contributed by atoms with E-state index >= 15 is 0 Å². The second-order valence-corrected chi connectivity index (χ2v) is 5.32. The fraction of sp³-hybridized carbons (Fsp3) is 0.467. The SMILES string of the molecule is Cl.O=C(CN1CCCC(C(=O)O)C1)NCc1ccc(F)cc1. The molecular formula is C15H20ClFN2O3. The number of benzene rings is 1. The van der Waals surface area contributed by atoms with Gasteiger partial charge in [0.1, 0.15) is 5.82 Å². The van der Waals surface area contributed by atoms with E-state index in [2.05, 4.69) is 5.32 Å². The van der Waals surface area contributed by atoms with Gasteiger partial charge in [0.05, 0.1) is 12.5 Å². The van der Waals surface area contributed by atoms with Crippen LogP contribution >= 0.6 is 12.4 Å². The lowest BCUT2D eigenvalue weighted by Gasteiger charge is -2.29. The second-order valence-electron chi connectivity index (χ2n) is 5.32. The van der Waals surface area contributed by atoms with E-state index < -0.39 is 5.97 Å². The highest BCUT2D eigenvalue weighted by Gasteiger charge is 2.26. The minimum atomic E-state index is -0.800. The Bertz CT molecular complexity index is 510. The number of nitrogens with one attached hydrogen (secondary N) is 1. The van der Waals surface area contributed by atoms with Crippen molar-refractivity contribution in [2.45, 2.75) is 19.4 Å². The maximum atomic E-state index is 12.8. The molecule has 122 valence electrons. The average molecular weight is 331 g/mol. The van der Waals surface area contributed by atoms with Crippen molar-refractivity contribution in [3.63, 3.8) is 0 Å². The van der Waals surface area contributed by atoms with Gasteiger partial charge in [0.15, 0.2) is 0 Å². The topological polar surface area (TPSA) is 69.6 Å². The third-order valence-corrected chi connectivity index (χ3v) is 3.62. The lowest BCUT2D eigenvalue weighted by atomic mass is 9.98. The van der Waals surface area contributed by atoms with Crippen LogP contribution in [0, 0.1) is 11.7 Å². The number of nitrogens with zero attached hydrogens (tertiary/aromatic N) is 1. The third-order valence-electron chi connectivity index (χ3n) is 3.62. The van der Waals surface area contributed by atoms with Crippen molar-refractivity contribution in [3.8, 4) is 0 Å². The molecule has 1 aromatic carbocycles. The molecule has 1 saturated heterocycles. The lowest BCUT2D eigenvalue weighted by molar-refractivity contribution is -0.144. The first kappa shape index (κ1) is 18.4. The van der Waals surface area contributed by atoms with Gasteiger partial charge >= 0.3 is 5.97 Å². The minimum Gasteiger partial charge on any atom is -0.481 e. The van der Waals surface area contributed by atoms with E-state index in [4.69, 9.17) is 5.11 Å². The first-order valence-corrected chi connectivity index (χ1v) is 7.01. The molecule has 5 nitrogen and oxygen atoms in total. The highest BCUT2D eigenvalue weighted by atomic mass is 35.5. The third kappa shape index (κ3) is 5.61. The number of piperidine rings is 1. The highest BCUT2D eigenvalue weighted by molar-refractivity contribution is 5.85. The molecule has 1 amide bonds. The number of halogens is 2. The van der Waals surface area contributed by atoms with Gasteiger partial charge in [0.2, 0.25) is 5.91 Å². The van der Waals surface area contributed by atoms with Gasteiger partial charge in [0.25, 0.3) is 0 Å². The Morgan fingerprint density at radius 2 is 2.00 bits per heavy atom. The predicted molar refractivity (Wildman–Crippen MR) is 82.3 cm³/mol. The fourth-order valence-corrected chi connectivity index (χ4v) is 2.46. The van der Waals surface area contributed by atoms with Crippen molar-refractivity contribution in [2.75, 3.05) is 19.6 Å². The summed E-state index contributed by atoms with van der Waals surface area (Å²) in [6, 6.07) is 5.95. The summed E-state index contributed by atoms with van der Waals surface area (Å²) in [4.78, 5) is 24.7. The average Bonchev–Trinajstić information content (AvgIpc) is 2.47. The molecule has 1 heterocycles. The largest absolute Gasteiger partial charge is 0.481 e. The van der Waals surface area contributed by atoms with E-state index in [1.54, 1.807) is 12.1 Å². The van der Waals surface area contributed by atoms with Crippen LogP contribution in [0.15, 0.2) is 24.3 Å². The van der Waals surface area contributed by atoms with Crippen molar-refractivity contribution in [1.82, 2.24) is 10.2 Å². The molecule has 1 aromatic rings. The molecule has 1 aliphatic rings. The number of rotatable bonds is 5. The number of hydrogen-bond donors (Lipinski definition) is 2. The normalized spacial score (nSPS) is 18.3. The van der Waals surface area contributed by atoms with Gasteiger partial charge in [-0.05, 0) is 37.1 Å². The quantitative estimate of drug-likeness (QED) is 0.861. The number of carboxylic acid groups (broad SMARTS) is 1. The number of carbonyl (C=O) groups is 2. The molecule has 7 heteroatoms. The van der Waals surface area contributed by atoms with Gasteiger partial charge in [-0.3, -0.25) is 14.5 Å². The molecule has 1 unspecified atom stereocenters. The molecule has 2 rings (SSSR count). The zero-order valence-corrected chi connectivity index (χ0v) is 12.9. The molecule has 1 atom stereocenters. The molecule has 22 heavy (non-hydrogen) atoms. The Morgan fingerprint density at radius 1 is 1.32 bits per heavy atom. The standard InChI is InChI=1S/C15H19FN2O3.ClH/c16-13-5-3-11(4-6-13)8-17-14(19)10-18-7-1-2-12(9-18)15(20)21;/h3-6,12H,1-2,7-10H2,(H,17,19)(H,20,21);1H. The molecule has 1 aliphatic heterocycles. The molecule has 0 aliphatic carbocycles. The molecule has 1 fully saturated rings. The number of hydrogen-bond acceptors (Lipinski definition) is 3. The van der Waals surface area contributed by atoms with Crippen molar-refractivity contribution in [2.24, 2.45) is 5.92 Å². The first-order valence-electron chi connectivity index (χ1n) is 7.01. The highest BCUT2D eigenvalue weighted by Crippen LogP contribution is 2.16.